The molecule has 0 atom stereocenters. The fourth-order valence-corrected chi connectivity index (χ4v) is 1.68. The van der Waals surface area contributed by atoms with E-state index in [4.69, 9.17) is 4.74 Å². The summed E-state index contributed by atoms with van der Waals surface area (Å²) in [5.41, 5.74) is 1.21. The van der Waals surface area contributed by atoms with Gasteiger partial charge in [-0.25, -0.2) is 0 Å². The summed E-state index contributed by atoms with van der Waals surface area (Å²) in [6.45, 7) is 4.58. The van der Waals surface area contributed by atoms with E-state index < -0.39 is 0 Å². The van der Waals surface area contributed by atoms with Crippen LogP contribution in [0, 0.1) is 0 Å². The zero-order valence-corrected chi connectivity index (χ0v) is 12.5. The summed E-state index contributed by atoms with van der Waals surface area (Å²) in [6, 6.07) is 4.29. The van der Waals surface area contributed by atoms with Crippen molar-refractivity contribution in [2.24, 2.45) is 0 Å². The van der Waals surface area contributed by atoms with E-state index in [2.05, 4.69) is 30.6 Å². The van der Waals surface area contributed by atoms with E-state index in [-0.39, 0.29) is 6.10 Å². The summed E-state index contributed by atoms with van der Waals surface area (Å²) in [5.74, 6) is 0.978. The van der Waals surface area contributed by atoms with Crippen LogP contribution in [0.1, 0.15) is 19.4 Å². The van der Waals surface area contributed by atoms with Crippen LogP contribution in [0.3, 0.4) is 0 Å². The second-order valence-electron chi connectivity index (χ2n) is 4.71. The molecule has 0 saturated carbocycles. The van der Waals surface area contributed by atoms with E-state index in [1.54, 1.807) is 19.4 Å². The average molecular weight is 288 g/mol. The Balaban J connectivity index is 1.98. The molecule has 7 heteroatoms. The zero-order chi connectivity index (χ0) is 15.1. The number of hydrogen-bond acceptors (Lipinski definition) is 7. The van der Waals surface area contributed by atoms with Gasteiger partial charge in [-0.05, 0) is 38.0 Å². The van der Waals surface area contributed by atoms with Crippen molar-refractivity contribution in [1.82, 2.24) is 19.9 Å². The fourth-order valence-electron chi connectivity index (χ4n) is 1.68. The first-order valence-corrected chi connectivity index (χ1v) is 6.90. The van der Waals surface area contributed by atoms with Crippen LogP contribution in [-0.4, -0.2) is 39.6 Å². The van der Waals surface area contributed by atoms with Gasteiger partial charge in [0.15, 0.2) is 0 Å². The minimum Gasteiger partial charge on any atom is -0.461 e. The minimum absolute atomic E-state index is 0.0155. The van der Waals surface area contributed by atoms with E-state index >= 15 is 0 Å². The van der Waals surface area contributed by atoms with Crippen LogP contribution in [0.2, 0.25) is 0 Å². The Morgan fingerprint density at radius 1 is 1.10 bits per heavy atom. The second-order valence-corrected chi connectivity index (χ2v) is 4.71. The average Bonchev–Trinajstić information content (AvgIpc) is 2.47. The Morgan fingerprint density at radius 2 is 1.81 bits per heavy atom. The lowest BCUT2D eigenvalue weighted by molar-refractivity contribution is 0.222. The molecule has 0 aliphatic carbocycles. The van der Waals surface area contributed by atoms with E-state index in [0.717, 1.165) is 13.0 Å². The third-order valence-electron chi connectivity index (χ3n) is 2.63. The van der Waals surface area contributed by atoms with Crippen LogP contribution in [0.25, 0.3) is 0 Å². The summed E-state index contributed by atoms with van der Waals surface area (Å²) in [5, 5.41) is 6.08. The molecule has 112 valence electrons. The lowest BCUT2D eigenvalue weighted by Gasteiger charge is -2.11. The Labute approximate surface area is 124 Å². The molecule has 2 heterocycles. The summed E-state index contributed by atoms with van der Waals surface area (Å²) >= 11 is 0. The molecule has 2 N–H and O–H groups in total. The van der Waals surface area contributed by atoms with Gasteiger partial charge in [-0.15, -0.1) is 0 Å². The van der Waals surface area contributed by atoms with Crippen molar-refractivity contribution < 1.29 is 4.74 Å². The third-order valence-corrected chi connectivity index (χ3v) is 2.63. The number of aromatic nitrogens is 4. The van der Waals surface area contributed by atoms with Gasteiger partial charge in [0.2, 0.25) is 11.9 Å². The van der Waals surface area contributed by atoms with Crippen LogP contribution < -0.4 is 15.4 Å². The Morgan fingerprint density at radius 3 is 2.48 bits per heavy atom. The summed E-state index contributed by atoms with van der Waals surface area (Å²) in [4.78, 5) is 16.6. The molecule has 0 bridgehead atoms. The van der Waals surface area contributed by atoms with Crippen molar-refractivity contribution in [2.75, 3.05) is 24.2 Å². The standard InChI is InChI=1S/C14H20N6O/c1-10(2)21-14-19-12(15-3)18-13(20-14)17-9-6-11-4-7-16-8-5-11/h4-5,7-8,10H,6,9H2,1-3H3,(H2,15,17,18,19,20). The third kappa shape index (κ3) is 4.87. The number of nitrogens with one attached hydrogen (secondary N) is 2. The SMILES string of the molecule is CNc1nc(NCCc2ccncc2)nc(OC(C)C)n1. The Hall–Kier alpha value is -2.44. The molecule has 21 heavy (non-hydrogen) atoms. The number of pyridine rings is 1. The van der Waals surface area contributed by atoms with E-state index in [9.17, 15) is 0 Å². The van der Waals surface area contributed by atoms with Gasteiger partial charge in [0.05, 0.1) is 6.10 Å². The van der Waals surface area contributed by atoms with Gasteiger partial charge in [0, 0.05) is 26.0 Å². The van der Waals surface area contributed by atoms with Gasteiger partial charge >= 0.3 is 6.01 Å². The first-order chi connectivity index (χ1) is 10.2. The second kappa shape index (κ2) is 7.37. The highest BCUT2D eigenvalue weighted by atomic mass is 16.5. The molecule has 0 unspecified atom stereocenters. The summed E-state index contributed by atoms with van der Waals surface area (Å²) < 4.78 is 5.51. The fraction of sp³-hybridized carbons (Fsp3) is 0.429. The van der Waals surface area contributed by atoms with Crippen LogP contribution in [-0.2, 0) is 6.42 Å². The molecule has 2 rings (SSSR count). The monoisotopic (exact) mass is 288 g/mol. The summed E-state index contributed by atoms with van der Waals surface area (Å²) in [6.07, 6.45) is 4.45. The van der Waals surface area contributed by atoms with Gasteiger partial charge in [-0.1, -0.05) is 0 Å². The Bertz CT molecular complexity index is 561. The van der Waals surface area contributed by atoms with E-state index in [1.165, 1.54) is 5.56 Å². The van der Waals surface area contributed by atoms with Crippen LogP contribution in [0.4, 0.5) is 11.9 Å². The highest BCUT2D eigenvalue weighted by Gasteiger charge is 2.07. The maximum Gasteiger partial charge on any atom is 0.323 e. The number of nitrogens with zero attached hydrogens (tertiary/aromatic N) is 4. The van der Waals surface area contributed by atoms with Crippen molar-refractivity contribution in [2.45, 2.75) is 26.4 Å². The normalized spacial score (nSPS) is 10.5. The highest BCUT2D eigenvalue weighted by molar-refractivity contribution is 5.35. The molecule has 0 amide bonds. The van der Waals surface area contributed by atoms with Gasteiger partial charge in [-0.2, -0.15) is 15.0 Å². The highest BCUT2D eigenvalue weighted by Crippen LogP contribution is 2.12. The molecular weight excluding hydrogens is 268 g/mol. The van der Waals surface area contributed by atoms with Gasteiger partial charge in [0.1, 0.15) is 0 Å². The van der Waals surface area contributed by atoms with Gasteiger partial charge < -0.3 is 15.4 Å². The predicted octanol–water partition coefficient (Wildman–Crippen LogP) is 1.75. The van der Waals surface area contributed by atoms with Crippen molar-refractivity contribution in [3.63, 3.8) is 0 Å². The lowest BCUT2D eigenvalue weighted by atomic mass is 10.2. The van der Waals surface area contributed by atoms with Crippen molar-refractivity contribution >= 4 is 11.9 Å². The van der Waals surface area contributed by atoms with Crippen LogP contribution in [0.15, 0.2) is 24.5 Å². The van der Waals surface area contributed by atoms with Crippen LogP contribution >= 0.6 is 0 Å². The van der Waals surface area contributed by atoms with E-state index in [1.807, 2.05) is 26.0 Å². The first-order valence-electron chi connectivity index (χ1n) is 6.90. The molecule has 0 aliphatic heterocycles. The smallest absolute Gasteiger partial charge is 0.323 e. The minimum atomic E-state index is 0.0155. The molecule has 0 spiro atoms. The molecule has 0 aromatic carbocycles. The molecule has 0 aliphatic rings. The molecular formula is C14H20N6O. The first kappa shape index (κ1) is 15.0. The lowest BCUT2D eigenvalue weighted by Crippen LogP contribution is -2.14. The maximum absolute atomic E-state index is 5.51. The van der Waals surface area contributed by atoms with Crippen LogP contribution in [0.5, 0.6) is 6.01 Å². The zero-order valence-electron chi connectivity index (χ0n) is 12.5. The molecule has 0 radical (unpaired) electrons. The molecule has 2 aromatic heterocycles. The van der Waals surface area contributed by atoms with Gasteiger partial charge in [0.25, 0.3) is 0 Å². The van der Waals surface area contributed by atoms with E-state index in [0.29, 0.717) is 17.9 Å². The molecule has 2 aromatic rings. The number of hydrogen-bond donors (Lipinski definition) is 2. The number of rotatable bonds is 7. The number of anilines is 2. The number of ether oxygens (including phenoxy) is 1. The Kier molecular flexibility index (Phi) is 5.25. The van der Waals surface area contributed by atoms with Crippen molar-refractivity contribution in [1.29, 1.82) is 0 Å². The molecule has 7 nitrogen and oxygen atoms in total. The topological polar surface area (TPSA) is 84.9 Å². The molecule has 0 fully saturated rings. The predicted molar refractivity (Wildman–Crippen MR) is 81.6 cm³/mol. The largest absolute Gasteiger partial charge is 0.461 e. The molecule has 0 saturated heterocycles. The maximum atomic E-state index is 5.51. The quantitative estimate of drug-likeness (QED) is 0.802. The van der Waals surface area contributed by atoms with Crippen molar-refractivity contribution in [3.05, 3.63) is 30.1 Å². The van der Waals surface area contributed by atoms with Gasteiger partial charge in [-0.3, -0.25) is 4.98 Å². The summed E-state index contributed by atoms with van der Waals surface area (Å²) in [7, 11) is 1.76. The van der Waals surface area contributed by atoms with Crippen molar-refractivity contribution in [3.8, 4) is 6.01 Å².